The summed E-state index contributed by atoms with van der Waals surface area (Å²) < 4.78 is 15.0. The highest BCUT2D eigenvalue weighted by molar-refractivity contribution is 5.87. The van der Waals surface area contributed by atoms with E-state index in [0.29, 0.717) is 88.2 Å². The number of carbonyl (C=O) groups excluding carboxylic acids is 3. The highest BCUT2D eigenvalue weighted by Crippen LogP contribution is 2.29. The molecule has 3 aliphatic rings. The van der Waals surface area contributed by atoms with E-state index in [4.69, 9.17) is 34.2 Å². The number of hydrogen-bond donors (Lipinski definition) is 1. The number of nitrogens with one attached hydrogen (secondary N) is 1. The quantitative estimate of drug-likeness (QED) is 0.171. The van der Waals surface area contributed by atoms with E-state index in [0.717, 1.165) is 41.9 Å². The standard InChI is InChI=1S/C35H46N10O6/c1-3-26-36-24-10-4-5-11-25(24)45(26)35-38-33-32(34(39-35)42-17-20-49-21-18-42)37-27(41(33)2)22-43-15-16-44(23-30(43)48)29(47)13-7-6-12-28(46)40-51-31-14-8-9-19-50-31/h4-5,10-11,31H,3,6-9,12-23H2,1-2H3,(H,40,46). The van der Waals surface area contributed by atoms with E-state index < -0.39 is 6.29 Å². The molecule has 3 amide bonds. The van der Waals surface area contributed by atoms with Crippen LogP contribution in [0, 0.1) is 0 Å². The number of fused-ring (bicyclic) bond motifs is 2. The van der Waals surface area contributed by atoms with Crippen LogP contribution < -0.4 is 10.4 Å². The zero-order chi connectivity index (χ0) is 35.3. The van der Waals surface area contributed by atoms with E-state index in [-0.39, 0.29) is 43.7 Å². The van der Waals surface area contributed by atoms with E-state index >= 15 is 0 Å². The fraction of sp³-hybridized carbons (Fsp3) is 0.571. The van der Waals surface area contributed by atoms with Crippen LogP contribution in [0.2, 0.25) is 0 Å². The first kappa shape index (κ1) is 34.8. The number of anilines is 1. The number of morpholine rings is 1. The topological polar surface area (TPSA) is 162 Å². The number of aromatic nitrogens is 6. The molecule has 6 heterocycles. The van der Waals surface area contributed by atoms with Crippen LogP contribution in [0.3, 0.4) is 0 Å². The normalized spacial score (nSPS) is 18.6. The molecule has 272 valence electrons. The summed E-state index contributed by atoms with van der Waals surface area (Å²) in [6.45, 7) is 6.35. The number of benzene rings is 1. The first-order valence-electron chi connectivity index (χ1n) is 18.0. The third-order valence-corrected chi connectivity index (χ3v) is 9.73. The minimum absolute atomic E-state index is 0.00890. The number of hydrogen-bond acceptors (Lipinski definition) is 11. The zero-order valence-corrected chi connectivity index (χ0v) is 29.4. The summed E-state index contributed by atoms with van der Waals surface area (Å²) in [5.74, 6) is 2.34. The Balaban J connectivity index is 1.00. The second-order valence-corrected chi connectivity index (χ2v) is 13.2. The van der Waals surface area contributed by atoms with Crippen LogP contribution in [0.5, 0.6) is 0 Å². The maximum atomic E-state index is 13.3. The number of rotatable bonds is 12. The molecule has 1 unspecified atom stereocenters. The van der Waals surface area contributed by atoms with Gasteiger partial charge < -0.3 is 28.7 Å². The average Bonchev–Trinajstić information content (AvgIpc) is 3.70. The van der Waals surface area contributed by atoms with Crippen molar-refractivity contribution in [3.63, 3.8) is 0 Å². The number of para-hydroxylation sites is 2. The molecule has 1 aromatic carbocycles. The Labute approximate surface area is 296 Å². The SMILES string of the molecule is CCc1nc2ccccc2n1-c1nc(N2CCOCC2)c2nc(CN3CCN(C(=O)CCCCC(=O)NOC4CCCCO4)CC3=O)n(C)c2n1. The lowest BCUT2D eigenvalue weighted by molar-refractivity contribution is -0.200. The lowest BCUT2D eigenvalue weighted by atomic mass is 10.1. The van der Waals surface area contributed by atoms with Gasteiger partial charge in [-0.25, -0.2) is 20.3 Å². The van der Waals surface area contributed by atoms with E-state index in [9.17, 15) is 14.4 Å². The van der Waals surface area contributed by atoms with Crippen LogP contribution in [0.4, 0.5) is 5.82 Å². The first-order valence-corrected chi connectivity index (χ1v) is 18.0. The molecule has 16 nitrogen and oxygen atoms in total. The van der Waals surface area contributed by atoms with Crippen LogP contribution >= 0.6 is 0 Å². The van der Waals surface area contributed by atoms with E-state index in [1.165, 1.54) is 0 Å². The molecule has 51 heavy (non-hydrogen) atoms. The second kappa shape index (κ2) is 15.7. The van der Waals surface area contributed by atoms with Crippen LogP contribution in [0.15, 0.2) is 24.3 Å². The minimum atomic E-state index is -0.394. The van der Waals surface area contributed by atoms with Crippen LogP contribution in [-0.4, -0.2) is 115 Å². The first-order chi connectivity index (χ1) is 24.9. The number of piperazine rings is 1. The molecule has 4 aromatic rings. The molecule has 1 N–H and O–H groups in total. The Bertz CT molecular complexity index is 1880. The average molecular weight is 703 g/mol. The van der Waals surface area contributed by atoms with Crippen LogP contribution in [0.1, 0.15) is 63.5 Å². The predicted octanol–water partition coefficient (Wildman–Crippen LogP) is 2.41. The van der Waals surface area contributed by atoms with Gasteiger partial charge in [-0.15, -0.1) is 0 Å². The molecule has 3 saturated heterocycles. The maximum absolute atomic E-state index is 13.3. The fourth-order valence-electron chi connectivity index (χ4n) is 6.82. The van der Waals surface area contributed by atoms with Gasteiger partial charge in [0.05, 0.1) is 37.3 Å². The van der Waals surface area contributed by atoms with Crippen molar-refractivity contribution in [1.82, 2.24) is 44.4 Å². The number of carbonyl (C=O) groups is 3. The van der Waals surface area contributed by atoms with Crippen LogP contribution in [0.25, 0.3) is 28.1 Å². The van der Waals surface area contributed by atoms with Crippen molar-refractivity contribution in [2.45, 2.75) is 71.1 Å². The molecular formula is C35H46N10O6. The molecule has 3 aromatic heterocycles. The Hall–Kier alpha value is -4.67. The van der Waals surface area contributed by atoms with Crippen molar-refractivity contribution >= 4 is 45.7 Å². The van der Waals surface area contributed by atoms with Crippen molar-refractivity contribution in [2.75, 3.05) is 57.4 Å². The number of ether oxygens (including phenoxy) is 2. The largest absolute Gasteiger partial charge is 0.378 e. The fourth-order valence-corrected chi connectivity index (χ4v) is 6.82. The Kier molecular flexibility index (Phi) is 10.7. The third kappa shape index (κ3) is 7.67. The Morgan fingerprint density at radius 3 is 2.57 bits per heavy atom. The van der Waals surface area contributed by atoms with Gasteiger partial charge in [-0.2, -0.15) is 9.97 Å². The smallest absolute Gasteiger partial charge is 0.243 e. The lowest BCUT2D eigenvalue weighted by Gasteiger charge is -2.34. The minimum Gasteiger partial charge on any atom is -0.378 e. The van der Waals surface area contributed by atoms with Crippen molar-refractivity contribution in [3.05, 3.63) is 35.9 Å². The highest BCUT2D eigenvalue weighted by Gasteiger charge is 2.30. The molecule has 3 aliphatic heterocycles. The lowest BCUT2D eigenvalue weighted by Crippen LogP contribution is -2.52. The summed E-state index contributed by atoms with van der Waals surface area (Å²) in [5.41, 5.74) is 5.60. The third-order valence-electron chi connectivity index (χ3n) is 9.73. The summed E-state index contributed by atoms with van der Waals surface area (Å²) in [7, 11) is 1.91. The van der Waals surface area contributed by atoms with Crippen molar-refractivity contribution in [1.29, 1.82) is 0 Å². The van der Waals surface area contributed by atoms with Crippen molar-refractivity contribution < 1.29 is 28.7 Å². The summed E-state index contributed by atoms with van der Waals surface area (Å²) in [6, 6.07) is 7.98. The van der Waals surface area contributed by atoms with Gasteiger partial charge in [-0.1, -0.05) is 19.1 Å². The van der Waals surface area contributed by atoms with Gasteiger partial charge in [0.2, 0.25) is 23.7 Å². The number of hydroxylamine groups is 1. The highest BCUT2D eigenvalue weighted by atomic mass is 16.8. The van der Waals surface area contributed by atoms with Gasteiger partial charge in [0.25, 0.3) is 0 Å². The Morgan fingerprint density at radius 1 is 0.961 bits per heavy atom. The van der Waals surface area contributed by atoms with Gasteiger partial charge in [-0.3, -0.25) is 19.0 Å². The maximum Gasteiger partial charge on any atom is 0.243 e. The molecule has 0 radical (unpaired) electrons. The summed E-state index contributed by atoms with van der Waals surface area (Å²) in [4.78, 5) is 69.2. The zero-order valence-electron chi connectivity index (χ0n) is 29.4. The van der Waals surface area contributed by atoms with Gasteiger partial charge in [-0.05, 0) is 37.8 Å². The number of imidazole rings is 2. The molecule has 0 aliphatic carbocycles. The van der Waals surface area contributed by atoms with Crippen molar-refractivity contribution in [2.24, 2.45) is 7.05 Å². The van der Waals surface area contributed by atoms with E-state index in [1.807, 2.05) is 40.4 Å². The van der Waals surface area contributed by atoms with Gasteiger partial charge in [0, 0.05) is 65.5 Å². The summed E-state index contributed by atoms with van der Waals surface area (Å²) >= 11 is 0. The molecule has 1 atom stereocenters. The molecule has 7 rings (SSSR count). The number of unbranched alkanes of at least 4 members (excludes halogenated alkanes) is 1. The molecular weight excluding hydrogens is 656 g/mol. The number of amides is 3. The van der Waals surface area contributed by atoms with Gasteiger partial charge in [0.1, 0.15) is 11.6 Å². The number of aryl methyl sites for hydroxylation is 2. The van der Waals surface area contributed by atoms with Crippen LogP contribution in [-0.2, 0) is 48.7 Å². The second-order valence-electron chi connectivity index (χ2n) is 13.2. The monoisotopic (exact) mass is 702 g/mol. The molecule has 16 heteroatoms. The summed E-state index contributed by atoms with van der Waals surface area (Å²) in [5, 5.41) is 0. The van der Waals surface area contributed by atoms with E-state index in [1.54, 1.807) is 9.80 Å². The predicted molar refractivity (Wildman–Crippen MR) is 187 cm³/mol. The molecule has 0 saturated carbocycles. The number of nitrogens with zero attached hydrogens (tertiary/aromatic N) is 9. The van der Waals surface area contributed by atoms with Gasteiger partial charge in [0.15, 0.2) is 23.3 Å². The van der Waals surface area contributed by atoms with Gasteiger partial charge >= 0.3 is 0 Å². The van der Waals surface area contributed by atoms with E-state index in [2.05, 4.69) is 17.3 Å². The Morgan fingerprint density at radius 2 is 1.78 bits per heavy atom. The molecule has 0 bridgehead atoms. The summed E-state index contributed by atoms with van der Waals surface area (Å²) in [6.07, 6.45) is 4.70. The van der Waals surface area contributed by atoms with Crippen molar-refractivity contribution in [3.8, 4) is 5.95 Å². The molecule has 0 spiro atoms. The molecule has 3 fully saturated rings.